The van der Waals surface area contributed by atoms with Crippen LogP contribution in [0, 0.1) is 0 Å². The third-order valence-electron chi connectivity index (χ3n) is 3.58. The van der Waals surface area contributed by atoms with E-state index in [2.05, 4.69) is 18.1 Å². The predicted molar refractivity (Wildman–Crippen MR) is 81.4 cm³/mol. The highest BCUT2D eigenvalue weighted by atomic mass is 16.5. The number of β-amino-alcohol motifs (C(OH)–C–C–N with tert-alkyl or cyclic N) is 1. The number of rotatable bonds is 5. The molecule has 1 atom stereocenters. The maximum Gasteiger partial charge on any atom is 0.119 e. The minimum Gasteiger partial charge on any atom is -0.497 e. The van der Waals surface area contributed by atoms with E-state index in [1.165, 1.54) is 0 Å². The largest absolute Gasteiger partial charge is 0.497 e. The molecular formula is C16H21NO3. The Labute approximate surface area is 119 Å². The van der Waals surface area contributed by atoms with Gasteiger partial charge in [-0.1, -0.05) is 13.2 Å². The maximum absolute atomic E-state index is 9.68. The Morgan fingerprint density at radius 2 is 1.70 bits per heavy atom. The van der Waals surface area contributed by atoms with Gasteiger partial charge in [0.2, 0.25) is 0 Å². The van der Waals surface area contributed by atoms with Crippen molar-refractivity contribution < 1.29 is 14.6 Å². The predicted octanol–water partition coefficient (Wildman–Crippen LogP) is 2.49. The fraction of sp³-hybridized carbons (Fsp3) is 0.375. The Bertz CT molecular complexity index is 490. The van der Waals surface area contributed by atoms with Crippen LogP contribution in [-0.2, 0) is 9.47 Å². The molecule has 1 unspecified atom stereocenters. The molecule has 0 bridgehead atoms. The minimum absolute atomic E-state index is 0.265. The smallest absolute Gasteiger partial charge is 0.119 e. The summed E-state index contributed by atoms with van der Waals surface area (Å²) >= 11 is 0. The third kappa shape index (κ3) is 2.96. The fourth-order valence-corrected chi connectivity index (χ4v) is 2.33. The second-order valence-electron chi connectivity index (χ2n) is 4.91. The zero-order chi connectivity index (χ0) is 14.7. The summed E-state index contributed by atoms with van der Waals surface area (Å²) in [6, 6.07) is 5.96. The van der Waals surface area contributed by atoms with Gasteiger partial charge < -0.3 is 19.5 Å². The van der Waals surface area contributed by atoms with Crippen LogP contribution >= 0.6 is 0 Å². The average molecular weight is 275 g/mol. The van der Waals surface area contributed by atoms with E-state index in [1.807, 2.05) is 18.2 Å². The number of nitrogens with zero attached hydrogens (tertiary/aromatic N) is 1. The zero-order valence-corrected chi connectivity index (χ0v) is 12.1. The third-order valence-corrected chi connectivity index (χ3v) is 3.58. The number of hydrogen-bond acceptors (Lipinski definition) is 4. The molecule has 1 aliphatic heterocycles. The van der Waals surface area contributed by atoms with Crippen molar-refractivity contribution in [3.05, 3.63) is 42.5 Å². The Balaban J connectivity index is 2.40. The normalized spacial score (nSPS) is 17.9. The Hall–Kier alpha value is -1.94. The van der Waals surface area contributed by atoms with Crippen LogP contribution in [0.25, 0.3) is 11.5 Å². The molecule has 0 aliphatic carbocycles. The summed E-state index contributed by atoms with van der Waals surface area (Å²) in [6.07, 6.45) is 0.522. The summed E-state index contributed by atoms with van der Waals surface area (Å²) in [5.41, 5.74) is 2.80. The van der Waals surface area contributed by atoms with E-state index in [1.54, 1.807) is 14.2 Å². The molecule has 1 heterocycles. The van der Waals surface area contributed by atoms with Gasteiger partial charge in [-0.2, -0.15) is 0 Å². The second kappa shape index (κ2) is 6.01. The van der Waals surface area contributed by atoms with E-state index in [-0.39, 0.29) is 6.10 Å². The lowest BCUT2D eigenvalue weighted by atomic mass is 10.1. The molecule has 1 aliphatic rings. The first-order valence-corrected chi connectivity index (χ1v) is 6.59. The number of aliphatic hydroxyl groups excluding tert-OH is 1. The first-order valence-electron chi connectivity index (χ1n) is 6.59. The van der Waals surface area contributed by atoms with Crippen molar-refractivity contribution in [2.24, 2.45) is 0 Å². The van der Waals surface area contributed by atoms with E-state index in [4.69, 9.17) is 9.47 Å². The van der Waals surface area contributed by atoms with Crippen molar-refractivity contribution in [3.63, 3.8) is 0 Å². The van der Waals surface area contributed by atoms with Gasteiger partial charge in [0.15, 0.2) is 0 Å². The Kier molecular flexibility index (Phi) is 4.35. The number of hydrogen-bond donors (Lipinski definition) is 1. The molecule has 0 spiro atoms. The van der Waals surface area contributed by atoms with Gasteiger partial charge in [-0.15, -0.1) is 0 Å². The van der Waals surface area contributed by atoms with Gasteiger partial charge in [-0.25, -0.2) is 0 Å². The molecule has 4 nitrogen and oxygen atoms in total. The van der Waals surface area contributed by atoms with Gasteiger partial charge in [-0.05, 0) is 24.6 Å². The molecule has 4 heteroatoms. The van der Waals surface area contributed by atoms with Crippen LogP contribution in [0.4, 0.5) is 5.69 Å². The zero-order valence-electron chi connectivity index (χ0n) is 12.1. The van der Waals surface area contributed by atoms with E-state index in [9.17, 15) is 5.11 Å². The van der Waals surface area contributed by atoms with Gasteiger partial charge in [-0.3, -0.25) is 0 Å². The SMILES string of the molecule is C=C(OC)c1cc(C(=C)OC)cc(N2CCC(O)C2)c1. The van der Waals surface area contributed by atoms with Crippen LogP contribution in [0.2, 0.25) is 0 Å². The average Bonchev–Trinajstić information content (AvgIpc) is 2.91. The number of methoxy groups -OCH3 is 2. The van der Waals surface area contributed by atoms with Crippen molar-refractivity contribution in [3.8, 4) is 0 Å². The molecule has 0 aromatic heterocycles. The van der Waals surface area contributed by atoms with E-state index < -0.39 is 0 Å². The number of ether oxygens (including phenoxy) is 2. The molecule has 1 aromatic rings. The summed E-state index contributed by atoms with van der Waals surface area (Å²) in [5, 5.41) is 9.68. The van der Waals surface area contributed by atoms with Crippen LogP contribution in [-0.4, -0.2) is 38.5 Å². The topological polar surface area (TPSA) is 41.9 Å². The highest BCUT2D eigenvalue weighted by Gasteiger charge is 2.21. The van der Waals surface area contributed by atoms with Gasteiger partial charge in [0.1, 0.15) is 11.5 Å². The van der Waals surface area contributed by atoms with E-state index in [0.717, 1.165) is 29.8 Å². The van der Waals surface area contributed by atoms with Gasteiger partial charge in [0.25, 0.3) is 0 Å². The van der Waals surface area contributed by atoms with Gasteiger partial charge >= 0.3 is 0 Å². The fourth-order valence-electron chi connectivity index (χ4n) is 2.33. The highest BCUT2D eigenvalue weighted by Crippen LogP contribution is 2.29. The van der Waals surface area contributed by atoms with Crippen LogP contribution in [0.15, 0.2) is 31.4 Å². The quantitative estimate of drug-likeness (QED) is 0.838. The highest BCUT2D eigenvalue weighted by molar-refractivity contribution is 5.71. The molecule has 0 saturated carbocycles. The lowest BCUT2D eigenvalue weighted by Crippen LogP contribution is -2.21. The van der Waals surface area contributed by atoms with Crippen molar-refractivity contribution in [2.75, 3.05) is 32.2 Å². The molecular weight excluding hydrogens is 254 g/mol. The minimum atomic E-state index is -0.265. The summed E-state index contributed by atoms with van der Waals surface area (Å²) < 4.78 is 10.4. The monoisotopic (exact) mass is 275 g/mol. The molecule has 20 heavy (non-hydrogen) atoms. The molecule has 2 rings (SSSR count). The Morgan fingerprint density at radius 3 is 2.10 bits per heavy atom. The van der Waals surface area contributed by atoms with Crippen molar-refractivity contribution in [2.45, 2.75) is 12.5 Å². The molecule has 0 radical (unpaired) electrons. The first-order chi connectivity index (χ1) is 9.55. The molecule has 1 N–H and O–H groups in total. The van der Waals surface area contributed by atoms with Crippen molar-refractivity contribution >= 4 is 17.2 Å². The molecule has 108 valence electrons. The lowest BCUT2D eigenvalue weighted by Gasteiger charge is -2.20. The van der Waals surface area contributed by atoms with Crippen LogP contribution < -0.4 is 4.90 Å². The maximum atomic E-state index is 9.68. The Morgan fingerprint density at radius 1 is 1.15 bits per heavy atom. The molecule has 1 aromatic carbocycles. The van der Waals surface area contributed by atoms with Crippen LogP contribution in [0.1, 0.15) is 17.5 Å². The van der Waals surface area contributed by atoms with Gasteiger partial charge in [0.05, 0.1) is 20.3 Å². The molecule has 1 saturated heterocycles. The first kappa shape index (κ1) is 14.5. The van der Waals surface area contributed by atoms with Crippen molar-refractivity contribution in [1.82, 2.24) is 0 Å². The standard InChI is InChI=1S/C16H21NO3/c1-11(19-3)13-7-14(12(2)20-4)9-15(8-13)17-6-5-16(18)10-17/h7-9,16,18H,1-2,5-6,10H2,3-4H3. The summed E-state index contributed by atoms with van der Waals surface area (Å²) in [5.74, 6) is 1.19. The second-order valence-corrected chi connectivity index (χ2v) is 4.91. The van der Waals surface area contributed by atoms with Crippen LogP contribution in [0.5, 0.6) is 0 Å². The molecule has 1 fully saturated rings. The van der Waals surface area contributed by atoms with Gasteiger partial charge in [0, 0.05) is 29.9 Å². The molecule has 0 amide bonds. The van der Waals surface area contributed by atoms with Crippen molar-refractivity contribution in [1.29, 1.82) is 0 Å². The van der Waals surface area contributed by atoms with Crippen LogP contribution in [0.3, 0.4) is 0 Å². The van der Waals surface area contributed by atoms with E-state index in [0.29, 0.717) is 18.1 Å². The van der Waals surface area contributed by atoms with E-state index >= 15 is 0 Å². The number of aliphatic hydroxyl groups is 1. The lowest BCUT2D eigenvalue weighted by molar-refractivity contribution is 0.198. The summed E-state index contributed by atoms with van der Waals surface area (Å²) in [7, 11) is 3.19. The number of anilines is 1. The summed E-state index contributed by atoms with van der Waals surface area (Å²) in [4.78, 5) is 2.14. The number of benzene rings is 1. The summed E-state index contributed by atoms with van der Waals surface area (Å²) in [6.45, 7) is 9.26.